The highest BCUT2D eigenvalue weighted by atomic mass is 32.2. The maximum Gasteiger partial charge on any atom is 0.356 e. The van der Waals surface area contributed by atoms with Gasteiger partial charge in [-0.3, -0.25) is 0 Å². The van der Waals surface area contributed by atoms with Gasteiger partial charge in [-0.25, -0.2) is 9.59 Å². The molecule has 5 rings (SSSR count). The minimum absolute atomic E-state index is 0.218. The average Bonchev–Trinajstić information content (AvgIpc) is 3.51. The molecule has 0 aliphatic heterocycles. The van der Waals surface area contributed by atoms with Gasteiger partial charge in [0.15, 0.2) is 0 Å². The highest BCUT2D eigenvalue weighted by Crippen LogP contribution is 2.39. The van der Waals surface area contributed by atoms with Crippen molar-refractivity contribution in [1.29, 1.82) is 10.5 Å². The van der Waals surface area contributed by atoms with Gasteiger partial charge in [0.25, 0.3) is 0 Å². The van der Waals surface area contributed by atoms with Crippen LogP contribution in [0.4, 0.5) is 0 Å². The molecule has 0 amide bonds. The molecule has 0 fully saturated rings. The van der Waals surface area contributed by atoms with Gasteiger partial charge in [0.05, 0.1) is 45.2 Å². The van der Waals surface area contributed by atoms with Gasteiger partial charge in [0, 0.05) is 23.9 Å². The number of nitrogens with zero attached hydrogens (tertiary/aromatic N) is 4. The summed E-state index contributed by atoms with van der Waals surface area (Å²) in [4.78, 5) is 27.7. The van der Waals surface area contributed by atoms with Crippen molar-refractivity contribution in [1.82, 2.24) is 8.80 Å². The Morgan fingerprint density at radius 3 is 1.46 bits per heavy atom. The summed E-state index contributed by atoms with van der Waals surface area (Å²) in [5.74, 6) is 0.0198. The fraction of sp³-hybridized carbons (Fsp3) is 0.278. The van der Waals surface area contributed by atoms with E-state index in [4.69, 9.17) is 9.47 Å². The maximum absolute atomic E-state index is 13.2. The van der Waals surface area contributed by atoms with Crippen LogP contribution in [0.1, 0.15) is 79.3 Å². The Bertz CT molecular complexity index is 1950. The summed E-state index contributed by atoms with van der Waals surface area (Å²) < 4.78 is 14.4. The number of hydrogen-bond acceptors (Lipinski definition) is 8. The van der Waals surface area contributed by atoms with Crippen molar-refractivity contribution in [3.63, 3.8) is 0 Å². The van der Waals surface area contributed by atoms with Crippen molar-refractivity contribution >= 4 is 46.5 Å². The topological polar surface area (TPSA) is 109 Å². The average molecular weight is 651 g/mol. The molecule has 0 aliphatic rings. The van der Waals surface area contributed by atoms with E-state index in [0.29, 0.717) is 54.8 Å². The van der Waals surface area contributed by atoms with Crippen LogP contribution >= 0.6 is 23.5 Å². The molecule has 0 atom stereocenters. The third kappa shape index (κ3) is 5.99. The molecule has 0 aliphatic carbocycles. The van der Waals surface area contributed by atoms with Gasteiger partial charge in [-0.2, -0.15) is 10.5 Å². The number of ether oxygens (including phenoxy) is 2. The predicted octanol–water partition coefficient (Wildman–Crippen LogP) is 8.11. The Hall–Kier alpha value is -4.64. The molecule has 4 heterocycles. The minimum Gasteiger partial charge on any atom is -0.461 e. The molecular weight excluding hydrogens is 617 g/mol. The zero-order chi connectivity index (χ0) is 33.1. The van der Waals surface area contributed by atoms with Crippen molar-refractivity contribution in [2.75, 3.05) is 13.2 Å². The molecule has 10 heteroatoms. The second-order valence-electron chi connectivity index (χ2n) is 11.0. The van der Waals surface area contributed by atoms with Crippen LogP contribution < -0.4 is 0 Å². The third-order valence-corrected chi connectivity index (χ3v) is 9.93. The summed E-state index contributed by atoms with van der Waals surface area (Å²) in [5, 5.41) is 20.5. The molecular formula is C36H34N4O4S2. The van der Waals surface area contributed by atoms with Crippen molar-refractivity contribution in [2.24, 2.45) is 0 Å². The quantitative estimate of drug-likeness (QED) is 0.110. The van der Waals surface area contributed by atoms with E-state index in [0.717, 1.165) is 33.4 Å². The molecule has 4 aromatic heterocycles. The first-order valence-corrected chi connectivity index (χ1v) is 16.9. The number of aromatic nitrogens is 2. The van der Waals surface area contributed by atoms with Crippen LogP contribution in [0.3, 0.4) is 0 Å². The summed E-state index contributed by atoms with van der Waals surface area (Å²) in [6.45, 7) is 11.7. The van der Waals surface area contributed by atoms with E-state index in [9.17, 15) is 20.1 Å². The van der Waals surface area contributed by atoms with E-state index in [1.807, 2.05) is 76.5 Å². The lowest BCUT2D eigenvalue weighted by molar-refractivity contribution is 0.0504. The Labute approximate surface area is 276 Å². The second kappa shape index (κ2) is 13.8. The van der Waals surface area contributed by atoms with Gasteiger partial charge in [0.2, 0.25) is 0 Å². The van der Waals surface area contributed by atoms with Crippen LogP contribution in [-0.2, 0) is 21.0 Å². The van der Waals surface area contributed by atoms with Gasteiger partial charge in [0.1, 0.15) is 23.5 Å². The van der Waals surface area contributed by atoms with E-state index < -0.39 is 11.9 Å². The van der Waals surface area contributed by atoms with Gasteiger partial charge in [-0.05, 0) is 74.9 Å². The number of benzene rings is 1. The molecule has 46 heavy (non-hydrogen) atoms. The van der Waals surface area contributed by atoms with E-state index in [1.165, 1.54) is 23.5 Å². The summed E-state index contributed by atoms with van der Waals surface area (Å²) in [6, 6.07) is 16.6. The van der Waals surface area contributed by atoms with E-state index in [-0.39, 0.29) is 13.2 Å². The monoisotopic (exact) mass is 650 g/mol. The standard InChI is InChI=1S/C36H34N4O4S2/c1-7-43-35(41)31-33(27(15-37)29-23(5)13-21(3)17-39(29)31)45-19-25-11-9-10-12-26(25)20-46-34-28(16-38)30-24(6)14-22(4)18-40(30)32(34)36(42)44-8-2/h9-14,17-18H,7-8,19-20H2,1-6H3. The Kier molecular flexibility index (Phi) is 9.81. The predicted molar refractivity (Wildman–Crippen MR) is 181 cm³/mol. The molecule has 0 bridgehead atoms. The van der Waals surface area contributed by atoms with Crippen molar-refractivity contribution in [3.8, 4) is 12.1 Å². The summed E-state index contributed by atoms with van der Waals surface area (Å²) >= 11 is 2.85. The molecule has 8 nitrogen and oxygen atoms in total. The van der Waals surface area contributed by atoms with Crippen LogP contribution in [0.2, 0.25) is 0 Å². The molecule has 1 aromatic carbocycles. The number of rotatable bonds is 10. The third-order valence-electron chi connectivity index (χ3n) is 7.65. The fourth-order valence-electron chi connectivity index (χ4n) is 5.88. The van der Waals surface area contributed by atoms with E-state index in [1.54, 1.807) is 22.6 Å². The lowest BCUT2D eigenvalue weighted by atomic mass is 10.1. The van der Waals surface area contributed by atoms with Gasteiger partial charge < -0.3 is 18.3 Å². The number of aryl methyl sites for hydroxylation is 4. The number of carbonyl (C=O) groups is 2. The molecule has 0 unspecified atom stereocenters. The molecule has 0 N–H and O–H groups in total. The van der Waals surface area contributed by atoms with Crippen molar-refractivity contribution in [3.05, 3.63) is 105 Å². The minimum atomic E-state index is -0.475. The van der Waals surface area contributed by atoms with Gasteiger partial charge >= 0.3 is 11.9 Å². The summed E-state index contributed by atoms with van der Waals surface area (Å²) in [7, 11) is 0. The first kappa shape index (κ1) is 32.7. The molecule has 0 saturated heterocycles. The molecule has 0 spiro atoms. The Morgan fingerprint density at radius 1 is 0.717 bits per heavy atom. The van der Waals surface area contributed by atoms with Crippen LogP contribution in [0.5, 0.6) is 0 Å². The first-order valence-electron chi connectivity index (χ1n) is 14.9. The maximum atomic E-state index is 13.2. The molecule has 0 saturated carbocycles. The number of thioether (sulfide) groups is 2. The van der Waals surface area contributed by atoms with Crippen molar-refractivity contribution in [2.45, 2.75) is 62.8 Å². The molecule has 234 valence electrons. The van der Waals surface area contributed by atoms with Gasteiger partial charge in [-0.15, -0.1) is 23.5 Å². The fourth-order valence-corrected chi connectivity index (χ4v) is 8.25. The molecule has 5 aromatic rings. The SMILES string of the molecule is CCOC(=O)c1c(SCc2ccccc2CSc2c(C#N)c3c(C)cc(C)cn3c2C(=O)OCC)c(C#N)c2c(C)cc(C)cn12. The summed E-state index contributed by atoms with van der Waals surface area (Å²) in [6.07, 6.45) is 3.73. The van der Waals surface area contributed by atoms with E-state index >= 15 is 0 Å². The second-order valence-corrected chi connectivity index (χ2v) is 12.9. The van der Waals surface area contributed by atoms with Gasteiger partial charge in [-0.1, -0.05) is 36.4 Å². The van der Waals surface area contributed by atoms with Crippen LogP contribution in [0.15, 0.2) is 58.6 Å². The van der Waals surface area contributed by atoms with E-state index in [2.05, 4.69) is 12.1 Å². The lowest BCUT2D eigenvalue weighted by Crippen LogP contribution is -2.10. The normalized spacial score (nSPS) is 11.0. The van der Waals surface area contributed by atoms with Crippen LogP contribution in [0.25, 0.3) is 11.0 Å². The Balaban J connectivity index is 1.53. The summed E-state index contributed by atoms with van der Waals surface area (Å²) in [5.41, 5.74) is 8.75. The first-order chi connectivity index (χ1) is 22.1. The molecule has 0 radical (unpaired) electrons. The van der Waals surface area contributed by atoms with Crippen molar-refractivity contribution < 1.29 is 19.1 Å². The van der Waals surface area contributed by atoms with Crippen LogP contribution in [0, 0.1) is 50.4 Å². The zero-order valence-corrected chi connectivity index (χ0v) is 28.3. The number of fused-ring (bicyclic) bond motifs is 2. The largest absolute Gasteiger partial charge is 0.461 e. The number of carbonyl (C=O) groups excluding carboxylic acids is 2. The number of pyridine rings is 2. The number of hydrogen-bond donors (Lipinski definition) is 0. The van der Waals surface area contributed by atoms with Crippen LogP contribution in [-0.4, -0.2) is 34.0 Å². The highest BCUT2D eigenvalue weighted by Gasteiger charge is 2.28. The number of nitriles is 2. The smallest absolute Gasteiger partial charge is 0.356 e. The lowest BCUT2D eigenvalue weighted by Gasteiger charge is -2.11. The number of esters is 2. The Morgan fingerprint density at radius 2 is 1.11 bits per heavy atom. The highest BCUT2D eigenvalue weighted by molar-refractivity contribution is 7.99. The zero-order valence-electron chi connectivity index (χ0n) is 26.7.